The van der Waals surface area contributed by atoms with Crippen molar-refractivity contribution < 1.29 is 14.3 Å². The number of aryl methyl sites for hydroxylation is 3. The lowest BCUT2D eigenvalue weighted by Gasteiger charge is -2.19. The second kappa shape index (κ2) is 7.40. The molecule has 0 radical (unpaired) electrons. The molecule has 1 atom stereocenters. The molecule has 0 saturated heterocycles. The molecule has 136 valence electrons. The molecular formula is C22H25NO3. The Morgan fingerprint density at radius 2 is 1.85 bits per heavy atom. The van der Waals surface area contributed by atoms with Crippen LogP contribution in [0.4, 0.5) is 0 Å². The number of amides is 1. The summed E-state index contributed by atoms with van der Waals surface area (Å²) in [6.45, 7) is 3.23. The van der Waals surface area contributed by atoms with Crippen molar-refractivity contribution in [2.75, 3.05) is 13.2 Å². The van der Waals surface area contributed by atoms with Gasteiger partial charge in [-0.15, -0.1) is 0 Å². The minimum atomic E-state index is 0.0358. The molecule has 2 aliphatic rings. The van der Waals surface area contributed by atoms with Gasteiger partial charge in [0.25, 0.3) is 0 Å². The van der Waals surface area contributed by atoms with E-state index in [4.69, 9.17) is 9.47 Å². The number of nitrogens with one attached hydrogen (secondary N) is 1. The van der Waals surface area contributed by atoms with Crippen LogP contribution in [0.1, 0.15) is 48.1 Å². The quantitative estimate of drug-likeness (QED) is 0.892. The van der Waals surface area contributed by atoms with Gasteiger partial charge in [0, 0.05) is 6.42 Å². The van der Waals surface area contributed by atoms with Gasteiger partial charge >= 0.3 is 0 Å². The molecule has 2 aromatic carbocycles. The number of hydrogen-bond donors (Lipinski definition) is 1. The second-order valence-corrected chi connectivity index (χ2v) is 7.15. The first-order valence-electron chi connectivity index (χ1n) is 9.48. The zero-order valence-electron chi connectivity index (χ0n) is 15.2. The Hall–Kier alpha value is -2.49. The zero-order chi connectivity index (χ0) is 17.9. The Morgan fingerprint density at radius 3 is 2.73 bits per heavy atom. The van der Waals surface area contributed by atoms with Crippen molar-refractivity contribution in [3.05, 3.63) is 58.7 Å². The van der Waals surface area contributed by atoms with Gasteiger partial charge in [0.15, 0.2) is 11.5 Å². The Morgan fingerprint density at radius 1 is 1.04 bits per heavy atom. The zero-order valence-corrected chi connectivity index (χ0v) is 15.2. The third-order valence-corrected chi connectivity index (χ3v) is 5.25. The number of fused-ring (bicyclic) bond motifs is 2. The summed E-state index contributed by atoms with van der Waals surface area (Å²) in [7, 11) is 0. The van der Waals surface area contributed by atoms with Crippen LogP contribution in [0.15, 0.2) is 36.4 Å². The summed E-state index contributed by atoms with van der Waals surface area (Å²) in [4.78, 5) is 12.4. The summed E-state index contributed by atoms with van der Waals surface area (Å²) in [6, 6.07) is 12.6. The number of carbonyl (C=O) groups excluding carboxylic acids is 1. The van der Waals surface area contributed by atoms with Crippen molar-refractivity contribution in [2.45, 2.75) is 45.1 Å². The third-order valence-electron chi connectivity index (χ3n) is 5.25. The monoisotopic (exact) mass is 351 g/mol. The van der Waals surface area contributed by atoms with Crippen molar-refractivity contribution >= 4 is 5.91 Å². The van der Waals surface area contributed by atoms with Crippen LogP contribution in [0.3, 0.4) is 0 Å². The summed E-state index contributed by atoms with van der Waals surface area (Å²) in [5, 5.41) is 3.13. The molecule has 2 aromatic rings. The fraction of sp³-hybridized carbons (Fsp3) is 0.409. The highest BCUT2D eigenvalue weighted by Gasteiger charge is 2.16. The molecule has 4 rings (SSSR count). The molecule has 4 heteroatoms. The number of benzene rings is 2. The van der Waals surface area contributed by atoms with Crippen LogP contribution < -0.4 is 14.8 Å². The van der Waals surface area contributed by atoms with E-state index in [2.05, 4.69) is 30.4 Å². The molecule has 0 bridgehead atoms. The average Bonchev–Trinajstić information content (AvgIpc) is 3.14. The third kappa shape index (κ3) is 3.69. The van der Waals surface area contributed by atoms with Gasteiger partial charge < -0.3 is 14.8 Å². The lowest BCUT2D eigenvalue weighted by molar-refractivity contribution is -0.121. The lowest BCUT2D eigenvalue weighted by atomic mass is 10.0. The molecule has 0 aromatic heterocycles. The summed E-state index contributed by atoms with van der Waals surface area (Å²) >= 11 is 0. The Bertz CT molecular complexity index is 815. The number of rotatable bonds is 5. The van der Waals surface area contributed by atoms with Crippen LogP contribution in [0.25, 0.3) is 0 Å². The minimum absolute atomic E-state index is 0.0358. The topological polar surface area (TPSA) is 47.6 Å². The van der Waals surface area contributed by atoms with Crippen LogP contribution in [-0.2, 0) is 24.1 Å². The molecule has 0 unspecified atom stereocenters. The first-order chi connectivity index (χ1) is 12.7. The Labute approximate surface area is 154 Å². The van der Waals surface area contributed by atoms with Gasteiger partial charge in [-0.3, -0.25) is 4.79 Å². The average molecular weight is 351 g/mol. The van der Waals surface area contributed by atoms with E-state index < -0.39 is 0 Å². The van der Waals surface area contributed by atoms with Gasteiger partial charge in [-0.2, -0.15) is 0 Å². The van der Waals surface area contributed by atoms with E-state index in [1.165, 1.54) is 29.5 Å². The maximum absolute atomic E-state index is 12.4. The maximum Gasteiger partial charge on any atom is 0.220 e. The van der Waals surface area contributed by atoms with Crippen molar-refractivity contribution in [1.82, 2.24) is 5.32 Å². The highest BCUT2D eigenvalue weighted by molar-refractivity contribution is 5.76. The molecule has 1 aliphatic carbocycles. The molecule has 4 nitrogen and oxygen atoms in total. The van der Waals surface area contributed by atoms with Crippen LogP contribution in [0.2, 0.25) is 0 Å². The van der Waals surface area contributed by atoms with Crippen LogP contribution >= 0.6 is 0 Å². The fourth-order valence-electron chi connectivity index (χ4n) is 3.76. The fourth-order valence-corrected chi connectivity index (χ4v) is 3.76. The van der Waals surface area contributed by atoms with Crippen LogP contribution in [0, 0.1) is 0 Å². The molecule has 0 spiro atoms. The smallest absolute Gasteiger partial charge is 0.220 e. The standard InChI is InChI=1S/C22H25NO3/c1-15(18-8-7-17-3-2-4-19(17)14-18)23-22(24)10-6-16-5-9-20-21(13-16)26-12-11-25-20/h5,7-9,13-15H,2-4,6,10-12H2,1H3,(H,23,24)/t15-/m1/s1. The van der Waals surface area contributed by atoms with E-state index in [0.29, 0.717) is 26.1 Å². The Balaban J connectivity index is 1.32. The van der Waals surface area contributed by atoms with Crippen LogP contribution in [0.5, 0.6) is 11.5 Å². The second-order valence-electron chi connectivity index (χ2n) is 7.15. The molecule has 1 aliphatic heterocycles. The predicted molar refractivity (Wildman–Crippen MR) is 101 cm³/mol. The van der Waals surface area contributed by atoms with Gasteiger partial charge in [-0.05, 0) is 67.0 Å². The highest BCUT2D eigenvalue weighted by Crippen LogP contribution is 2.31. The van der Waals surface area contributed by atoms with E-state index in [1.54, 1.807) is 0 Å². The first kappa shape index (κ1) is 17.0. The van der Waals surface area contributed by atoms with Gasteiger partial charge in [0.05, 0.1) is 6.04 Å². The summed E-state index contributed by atoms with van der Waals surface area (Å²) in [5.41, 5.74) is 5.19. The van der Waals surface area contributed by atoms with Gasteiger partial charge in [0.1, 0.15) is 13.2 Å². The van der Waals surface area contributed by atoms with Crippen LogP contribution in [-0.4, -0.2) is 19.1 Å². The van der Waals surface area contributed by atoms with Crippen molar-refractivity contribution in [2.24, 2.45) is 0 Å². The molecule has 1 amide bonds. The maximum atomic E-state index is 12.4. The van der Waals surface area contributed by atoms with Crippen molar-refractivity contribution in [3.63, 3.8) is 0 Å². The highest BCUT2D eigenvalue weighted by atomic mass is 16.6. The normalized spacial score (nSPS) is 16.0. The number of hydrogen-bond acceptors (Lipinski definition) is 3. The molecule has 0 fully saturated rings. The molecule has 26 heavy (non-hydrogen) atoms. The first-order valence-corrected chi connectivity index (χ1v) is 9.48. The van der Waals surface area contributed by atoms with Gasteiger partial charge in [0.2, 0.25) is 5.91 Å². The van der Waals surface area contributed by atoms with Crippen molar-refractivity contribution in [1.29, 1.82) is 0 Å². The minimum Gasteiger partial charge on any atom is -0.486 e. The molecule has 1 heterocycles. The number of ether oxygens (including phenoxy) is 2. The number of carbonyl (C=O) groups is 1. The lowest BCUT2D eigenvalue weighted by Crippen LogP contribution is -2.26. The van der Waals surface area contributed by atoms with E-state index in [1.807, 2.05) is 18.2 Å². The van der Waals surface area contributed by atoms with Gasteiger partial charge in [-0.1, -0.05) is 24.3 Å². The molecule has 0 saturated carbocycles. The van der Waals surface area contributed by atoms with Gasteiger partial charge in [-0.25, -0.2) is 0 Å². The summed E-state index contributed by atoms with van der Waals surface area (Å²) < 4.78 is 11.1. The van der Waals surface area contributed by atoms with E-state index in [0.717, 1.165) is 23.5 Å². The molecule has 1 N–H and O–H groups in total. The van der Waals surface area contributed by atoms with Crippen molar-refractivity contribution in [3.8, 4) is 11.5 Å². The SMILES string of the molecule is C[C@@H](NC(=O)CCc1ccc2c(c1)OCCO2)c1ccc2c(c1)CCC2. The summed E-state index contributed by atoms with van der Waals surface area (Å²) in [5.74, 6) is 1.64. The largest absolute Gasteiger partial charge is 0.486 e. The van der Waals surface area contributed by atoms with E-state index in [9.17, 15) is 4.79 Å². The predicted octanol–water partition coefficient (Wildman–Crippen LogP) is 3.76. The Kier molecular flexibility index (Phi) is 4.83. The summed E-state index contributed by atoms with van der Waals surface area (Å²) in [6.07, 6.45) is 4.75. The molecular weight excluding hydrogens is 326 g/mol. The van der Waals surface area contributed by atoms with E-state index >= 15 is 0 Å². The van der Waals surface area contributed by atoms with E-state index in [-0.39, 0.29) is 11.9 Å².